The molecule has 21 heavy (non-hydrogen) atoms. The molecule has 3 amide bonds. The number of amides is 3. The lowest BCUT2D eigenvalue weighted by Crippen LogP contribution is -2.53. The molecule has 2 heterocycles. The summed E-state index contributed by atoms with van der Waals surface area (Å²) in [7, 11) is 0. The number of rotatable bonds is 3. The van der Waals surface area contributed by atoms with Gasteiger partial charge < -0.3 is 20.4 Å². The monoisotopic (exact) mass is 296 g/mol. The topological polar surface area (TPSA) is 83.0 Å². The third kappa shape index (κ3) is 3.65. The Balaban J connectivity index is 1.79. The molecule has 2 rings (SSSR count). The second-order valence-electron chi connectivity index (χ2n) is 5.90. The predicted octanol–water partition coefficient (Wildman–Crippen LogP) is 0.851. The van der Waals surface area contributed by atoms with Crippen LogP contribution in [0, 0.1) is 0 Å². The quantitative estimate of drug-likeness (QED) is 0.810. The Morgan fingerprint density at radius 3 is 2.62 bits per heavy atom. The molecule has 0 bridgehead atoms. The van der Waals surface area contributed by atoms with Crippen LogP contribution < -0.4 is 10.6 Å². The summed E-state index contributed by atoms with van der Waals surface area (Å²) in [5, 5.41) is 9.66. The van der Waals surface area contributed by atoms with E-state index < -0.39 is 5.60 Å². The zero-order valence-corrected chi connectivity index (χ0v) is 12.9. The van der Waals surface area contributed by atoms with Crippen LogP contribution in [0.2, 0.25) is 0 Å². The Morgan fingerprint density at radius 1 is 1.43 bits per heavy atom. The molecule has 1 fully saturated rings. The molecule has 2 aliphatic rings. The number of carbonyl (C=O) groups is 2. The van der Waals surface area contributed by atoms with Crippen LogP contribution in [-0.4, -0.2) is 53.8 Å². The van der Waals surface area contributed by atoms with Crippen molar-refractivity contribution < 1.29 is 14.4 Å². The van der Waals surface area contributed by atoms with Gasteiger partial charge in [-0.05, 0) is 33.6 Å². The Bertz CT molecular complexity index is 444. The molecule has 0 saturated carbocycles. The standard InChI is InChI=1S/C14H24N4O3/c1-4-15-13(20)18-7-5-11(6-8-18)16-12(19)14(3)9-10(2)17-21-14/h11H,4-9H2,1-3H3,(H,15,20)(H,16,19)/t14-/m1/s1. The molecule has 1 atom stereocenters. The van der Waals surface area contributed by atoms with Crippen LogP contribution in [0.1, 0.15) is 40.0 Å². The van der Waals surface area contributed by atoms with Gasteiger partial charge in [0.1, 0.15) is 0 Å². The molecular formula is C14H24N4O3. The fourth-order valence-electron chi connectivity index (χ4n) is 2.68. The molecule has 0 aromatic carbocycles. The van der Waals surface area contributed by atoms with Crippen LogP contribution in [0.25, 0.3) is 0 Å². The maximum Gasteiger partial charge on any atom is 0.317 e. The van der Waals surface area contributed by atoms with E-state index in [1.54, 1.807) is 11.8 Å². The minimum absolute atomic E-state index is 0.0302. The summed E-state index contributed by atoms with van der Waals surface area (Å²) in [4.78, 5) is 31.0. The van der Waals surface area contributed by atoms with Gasteiger partial charge in [-0.2, -0.15) is 0 Å². The molecule has 0 aromatic heterocycles. The van der Waals surface area contributed by atoms with Crippen LogP contribution >= 0.6 is 0 Å². The van der Waals surface area contributed by atoms with E-state index in [0.29, 0.717) is 26.1 Å². The SMILES string of the molecule is CCNC(=O)N1CCC(NC(=O)[C@@]2(C)CC(C)=NO2)CC1. The number of carbonyl (C=O) groups excluding carboxylic acids is 2. The molecule has 0 aliphatic carbocycles. The van der Waals surface area contributed by atoms with Gasteiger partial charge in [0, 0.05) is 32.1 Å². The van der Waals surface area contributed by atoms with E-state index in [2.05, 4.69) is 15.8 Å². The Kier molecular flexibility index (Phi) is 4.69. The fraction of sp³-hybridized carbons (Fsp3) is 0.786. The van der Waals surface area contributed by atoms with Crippen molar-refractivity contribution in [3.63, 3.8) is 0 Å². The third-order valence-electron chi connectivity index (χ3n) is 3.92. The number of piperidine rings is 1. The minimum Gasteiger partial charge on any atom is -0.379 e. The smallest absolute Gasteiger partial charge is 0.317 e. The Hall–Kier alpha value is -1.79. The number of urea groups is 1. The Labute approximate surface area is 125 Å². The zero-order valence-electron chi connectivity index (χ0n) is 12.9. The molecule has 2 aliphatic heterocycles. The van der Waals surface area contributed by atoms with Gasteiger partial charge in [0.15, 0.2) is 0 Å². The van der Waals surface area contributed by atoms with Crippen molar-refractivity contribution in [3.05, 3.63) is 0 Å². The van der Waals surface area contributed by atoms with Crippen LogP contribution in [0.3, 0.4) is 0 Å². The van der Waals surface area contributed by atoms with E-state index in [-0.39, 0.29) is 18.0 Å². The molecule has 7 heteroatoms. The second-order valence-corrected chi connectivity index (χ2v) is 5.90. The maximum absolute atomic E-state index is 12.3. The second kappa shape index (κ2) is 6.32. The number of nitrogens with zero attached hydrogens (tertiary/aromatic N) is 2. The number of hydrogen-bond donors (Lipinski definition) is 2. The van der Waals surface area contributed by atoms with Crippen LogP contribution in [-0.2, 0) is 9.63 Å². The first-order chi connectivity index (χ1) is 9.94. The normalized spacial score (nSPS) is 26.0. The first kappa shape index (κ1) is 15.6. The summed E-state index contributed by atoms with van der Waals surface area (Å²) in [6.07, 6.45) is 2.05. The highest BCUT2D eigenvalue weighted by Crippen LogP contribution is 2.24. The molecule has 0 aromatic rings. The van der Waals surface area contributed by atoms with Crippen molar-refractivity contribution in [2.75, 3.05) is 19.6 Å². The third-order valence-corrected chi connectivity index (χ3v) is 3.92. The largest absolute Gasteiger partial charge is 0.379 e. The number of nitrogens with one attached hydrogen (secondary N) is 2. The maximum atomic E-state index is 12.3. The van der Waals surface area contributed by atoms with E-state index in [1.165, 1.54) is 0 Å². The molecule has 1 saturated heterocycles. The predicted molar refractivity (Wildman–Crippen MR) is 79.0 cm³/mol. The first-order valence-corrected chi connectivity index (χ1v) is 7.50. The van der Waals surface area contributed by atoms with Gasteiger partial charge in [0.05, 0.1) is 5.71 Å². The van der Waals surface area contributed by atoms with Gasteiger partial charge in [-0.1, -0.05) is 5.16 Å². The molecule has 2 N–H and O–H groups in total. The molecule has 0 spiro atoms. The average Bonchev–Trinajstić information content (AvgIpc) is 2.81. The van der Waals surface area contributed by atoms with E-state index >= 15 is 0 Å². The highest BCUT2D eigenvalue weighted by atomic mass is 16.7. The van der Waals surface area contributed by atoms with Gasteiger partial charge in [0.25, 0.3) is 5.91 Å². The summed E-state index contributed by atoms with van der Waals surface area (Å²) >= 11 is 0. The van der Waals surface area contributed by atoms with E-state index in [4.69, 9.17) is 4.84 Å². The molecule has 7 nitrogen and oxygen atoms in total. The molecular weight excluding hydrogens is 272 g/mol. The fourth-order valence-corrected chi connectivity index (χ4v) is 2.68. The Morgan fingerprint density at radius 2 is 2.10 bits per heavy atom. The lowest BCUT2D eigenvalue weighted by molar-refractivity contribution is -0.142. The van der Waals surface area contributed by atoms with Crippen LogP contribution in [0.15, 0.2) is 5.16 Å². The highest BCUT2D eigenvalue weighted by Gasteiger charge is 2.41. The summed E-state index contributed by atoms with van der Waals surface area (Å²) in [5.74, 6) is -0.125. The number of oxime groups is 1. The van der Waals surface area contributed by atoms with Crippen LogP contribution in [0.5, 0.6) is 0 Å². The average molecular weight is 296 g/mol. The van der Waals surface area contributed by atoms with E-state index in [1.807, 2.05) is 13.8 Å². The first-order valence-electron chi connectivity index (χ1n) is 7.50. The molecule has 0 unspecified atom stereocenters. The van der Waals surface area contributed by atoms with Crippen molar-refractivity contribution in [3.8, 4) is 0 Å². The van der Waals surface area contributed by atoms with Gasteiger partial charge >= 0.3 is 6.03 Å². The summed E-state index contributed by atoms with van der Waals surface area (Å²) in [5.41, 5.74) is -0.0560. The zero-order chi connectivity index (χ0) is 15.5. The molecule has 0 radical (unpaired) electrons. The lowest BCUT2D eigenvalue weighted by atomic mass is 9.97. The van der Waals surface area contributed by atoms with E-state index in [0.717, 1.165) is 18.6 Å². The summed E-state index contributed by atoms with van der Waals surface area (Å²) in [6.45, 7) is 7.45. The summed E-state index contributed by atoms with van der Waals surface area (Å²) in [6, 6.07) is 0.0573. The van der Waals surface area contributed by atoms with Crippen LogP contribution in [0.4, 0.5) is 4.79 Å². The van der Waals surface area contributed by atoms with Crippen molar-refractivity contribution in [2.45, 2.75) is 51.7 Å². The van der Waals surface area contributed by atoms with Gasteiger partial charge in [0.2, 0.25) is 5.60 Å². The van der Waals surface area contributed by atoms with E-state index in [9.17, 15) is 9.59 Å². The van der Waals surface area contributed by atoms with Crippen molar-refractivity contribution >= 4 is 17.6 Å². The van der Waals surface area contributed by atoms with Gasteiger partial charge in [-0.15, -0.1) is 0 Å². The van der Waals surface area contributed by atoms with Gasteiger partial charge in [-0.25, -0.2) is 4.79 Å². The summed E-state index contributed by atoms with van der Waals surface area (Å²) < 4.78 is 0. The highest BCUT2D eigenvalue weighted by molar-refractivity contribution is 5.94. The van der Waals surface area contributed by atoms with Crippen molar-refractivity contribution in [2.24, 2.45) is 5.16 Å². The van der Waals surface area contributed by atoms with Crippen molar-refractivity contribution in [1.82, 2.24) is 15.5 Å². The number of hydrogen-bond acceptors (Lipinski definition) is 4. The minimum atomic E-state index is -0.888. The lowest BCUT2D eigenvalue weighted by Gasteiger charge is -2.33. The van der Waals surface area contributed by atoms with Crippen molar-refractivity contribution in [1.29, 1.82) is 0 Å². The number of likely N-dealkylation sites (tertiary alicyclic amines) is 1. The molecule has 118 valence electrons. The van der Waals surface area contributed by atoms with Gasteiger partial charge in [-0.3, -0.25) is 4.79 Å².